The Morgan fingerprint density at radius 2 is 1.62 bits per heavy atom. The molecule has 0 radical (unpaired) electrons. The van der Waals surface area contributed by atoms with E-state index in [0.717, 1.165) is 56.8 Å². The number of hydrogen-bond donors (Lipinski definition) is 3. The zero-order valence-corrected chi connectivity index (χ0v) is 22.5. The first-order valence-electron chi connectivity index (χ1n) is 13.2. The fraction of sp³-hybridized carbons (Fsp3) is 0.290. The highest BCUT2D eigenvalue weighted by Crippen LogP contribution is 2.21. The molecule has 1 heterocycles. The molecule has 0 fully saturated rings. The first kappa shape index (κ1) is 29.9. The van der Waals surface area contributed by atoms with Crippen molar-refractivity contribution < 1.29 is 34.1 Å². The molecule has 210 valence electrons. The number of hydrogen-bond acceptors (Lipinski definition) is 6. The van der Waals surface area contributed by atoms with Crippen LogP contribution in [0.3, 0.4) is 0 Å². The van der Waals surface area contributed by atoms with Crippen LogP contribution in [0.2, 0.25) is 0 Å². The van der Waals surface area contributed by atoms with Crippen molar-refractivity contribution in [3.63, 3.8) is 0 Å². The Morgan fingerprint density at radius 3 is 2.33 bits per heavy atom. The molecule has 9 heteroatoms. The van der Waals surface area contributed by atoms with E-state index < -0.39 is 17.8 Å². The minimum atomic E-state index is -1.15. The van der Waals surface area contributed by atoms with Crippen molar-refractivity contribution in [2.24, 2.45) is 0 Å². The number of aromatic carboxylic acids is 1. The molecule has 0 saturated carbocycles. The molecule has 3 aromatic rings. The van der Waals surface area contributed by atoms with Crippen molar-refractivity contribution in [1.29, 1.82) is 0 Å². The number of nitrogens with one attached hydrogen (secondary N) is 1. The third kappa shape index (κ3) is 9.90. The number of pyridine rings is 1. The average Bonchev–Trinajstić information content (AvgIpc) is 2.95. The number of aromatic nitrogens is 1. The van der Waals surface area contributed by atoms with E-state index in [9.17, 15) is 14.4 Å². The number of amides is 1. The predicted octanol–water partition coefficient (Wildman–Crippen LogP) is 6.10. The van der Waals surface area contributed by atoms with E-state index in [1.54, 1.807) is 19.2 Å². The summed E-state index contributed by atoms with van der Waals surface area (Å²) < 4.78 is 11.0. The zero-order valence-electron chi connectivity index (χ0n) is 22.5. The van der Waals surface area contributed by atoms with Gasteiger partial charge in [-0.25, -0.2) is 14.6 Å². The Morgan fingerprint density at radius 1 is 0.900 bits per heavy atom. The fourth-order valence-electron chi connectivity index (χ4n) is 4.02. The molecular weight excluding hydrogens is 512 g/mol. The molecule has 0 bridgehead atoms. The Labute approximate surface area is 233 Å². The Bertz CT molecular complexity index is 1320. The summed E-state index contributed by atoms with van der Waals surface area (Å²) in [7, 11) is 1.66. The van der Waals surface area contributed by atoms with Crippen LogP contribution in [0, 0.1) is 0 Å². The molecule has 0 atom stereocenters. The Hall–Kier alpha value is -4.66. The number of carbonyl (C=O) groups is 3. The van der Waals surface area contributed by atoms with Crippen LogP contribution in [-0.4, -0.2) is 46.8 Å². The molecule has 1 amide bonds. The lowest BCUT2D eigenvalue weighted by molar-refractivity contribution is -0.131. The third-order valence-electron chi connectivity index (χ3n) is 6.15. The van der Waals surface area contributed by atoms with Crippen molar-refractivity contribution in [2.45, 2.75) is 44.9 Å². The van der Waals surface area contributed by atoms with E-state index in [4.69, 9.17) is 19.7 Å². The second-order valence-corrected chi connectivity index (χ2v) is 9.16. The molecular formula is C31H34N2O7. The highest BCUT2D eigenvalue weighted by molar-refractivity contribution is 6.03. The maximum Gasteiger partial charge on any atom is 0.335 e. The van der Waals surface area contributed by atoms with E-state index in [-0.39, 0.29) is 17.0 Å². The number of ether oxygens (including phenoxy) is 2. The smallest absolute Gasteiger partial charge is 0.335 e. The molecule has 1 aromatic heterocycles. The monoisotopic (exact) mass is 546 g/mol. The van der Waals surface area contributed by atoms with Gasteiger partial charge in [0.1, 0.15) is 22.9 Å². The number of aliphatic carboxylic acids is 1. The van der Waals surface area contributed by atoms with Gasteiger partial charge in [0.15, 0.2) is 0 Å². The minimum absolute atomic E-state index is 0.0350. The van der Waals surface area contributed by atoms with Crippen LogP contribution in [0.4, 0.5) is 5.69 Å². The van der Waals surface area contributed by atoms with Crippen LogP contribution in [0.25, 0.3) is 6.08 Å². The maximum absolute atomic E-state index is 12.7. The molecule has 3 N–H and O–H groups in total. The largest absolute Gasteiger partial charge is 0.497 e. The topological polar surface area (TPSA) is 135 Å². The summed E-state index contributed by atoms with van der Waals surface area (Å²) in [5.74, 6) is -1.58. The number of carbonyl (C=O) groups excluding carboxylic acids is 1. The summed E-state index contributed by atoms with van der Waals surface area (Å²) in [6.07, 6.45) is 9.64. The first-order valence-corrected chi connectivity index (χ1v) is 13.2. The first-order chi connectivity index (χ1) is 19.4. The van der Waals surface area contributed by atoms with Gasteiger partial charge in [-0.15, -0.1) is 0 Å². The SMILES string of the molecule is COc1ccc(CCCCCCCCOc2ccc(C(=O)Nc3cccc(C(=O)O)c3)nc2/C=C/C(=O)O)cc1. The summed E-state index contributed by atoms with van der Waals surface area (Å²) in [6.45, 7) is 0.439. The summed E-state index contributed by atoms with van der Waals surface area (Å²) in [5.41, 5.74) is 1.90. The van der Waals surface area contributed by atoms with Gasteiger partial charge in [-0.05, 0) is 73.4 Å². The fourth-order valence-corrected chi connectivity index (χ4v) is 4.02. The van der Waals surface area contributed by atoms with Crippen molar-refractivity contribution >= 4 is 29.6 Å². The summed E-state index contributed by atoms with van der Waals surface area (Å²) in [4.78, 5) is 39.2. The molecule has 0 aliphatic rings. The minimum Gasteiger partial charge on any atom is -0.497 e. The highest BCUT2D eigenvalue weighted by Gasteiger charge is 2.13. The molecule has 9 nitrogen and oxygen atoms in total. The average molecular weight is 547 g/mol. The van der Waals surface area contributed by atoms with Crippen LogP contribution in [0.1, 0.15) is 70.6 Å². The van der Waals surface area contributed by atoms with Crippen molar-refractivity contribution in [3.8, 4) is 11.5 Å². The Balaban J connectivity index is 1.46. The van der Waals surface area contributed by atoms with Gasteiger partial charge in [-0.2, -0.15) is 0 Å². The lowest BCUT2D eigenvalue weighted by atomic mass is 10.0. The van der Waals surface area contributed by atoms with Crippen LogP contribution in [-0.2, 0) is 11.2 Å². The molecule has 0 aliphatic heterocycles. The van der Waals surface area contributed by atoms with Crippen LogP contribution in [0.15, 0.2) is 66.7 Å². The standard InChI is InChI=1S/C31H34N2O7/c1-39-25-14-12-22(13-15-25)9-6-4-2-3-5-7-20-40-28-18-16-27(33-26(28)17-19-29(34)35)30(36)32-24-11-8-10-23(21-24)31(37)38/h8,10-19,21H,2-7,9,20H2,1H3,(H,32,36)(H,34,35)(H,37,38)/b19-17+. The van der Waals surface area contributed by atoms with Gasteiger partial charge >= 0.3 is 11.9 Å². The predicted molar refractivity (Wildman–Crippen MR) is 152 cm³/mol. The summed E-state index contributed by atoms with van der Waals surface area (Å²) in [5, 5.41) is 20.8. The van der Waals surface area contributed by atoms with E-state index in [2.05, 4.69) is 22.4 Å². The van der Waals surface area contributed by atoms with Gasteiger partial charge < -0.3 is 25.0 Å². The second kappa shape index (κ2) is 15.7. The number of aryl methyl sites for hydroxylation is 1. The second-order valence-electron chi connectivity index (χ2n) is 9.16. The summed E-state index contributed by atoms with van der Waals surface area (Å²) in [6, 6.07) is 17.1. The molecule has 0 aliphatic carbocycles. The molecule has 40 heavy (non-hydrogen) atoms. The Kier molecular flexibility index (Phi) is 11.7. The third-order valence-corrected chi connectivity index (χ3v) is 6.15. The molecule has 3 rings (SSSR count). The van der Waals surface area contributed by atoms with Gasteiger partial charge in [-0.1, -0.05) is 43.9 Å². The van der Waals surface area contributed by atoms with E-state index in [0.29, 0.717) is 18.0 Å². The molecule has 0 spiro atoms. The van der Waals surface area contributed by atoms with Gasteiger partial charge in [-0.3, -0.25) is 4.79 Å². The number of carboxylic acid groups (broad SMARTS) is 2. The van der Waals surface area contributed by atoms with Gasteiger partial charge in [0, 0.05) is 11.8 Å². The summed E-state index contributed by atoms with van der Waals surface area (Å²) >= 11 is 0. The van der Waals surface area contributed by atoms with Crippen LogP contribution < -0.4 is 14.8 Å². The van der Waals surface area contributed by atoms with E-state index in [1.165, 1.54) is 35.9 Å². The van der Waals surface area contributed by atoms with Crippen LogP contribution in [0.5, 0.6) is 11.5 Å². The molecule has 0 saturated heterocycles. The van der Waals surface area contributed by atoms with E-state index >= 15 is 0 Å². The lowest BCUT2D eigenvalue weighted by Crippen LogP contribution is -2.15. The lowest BCUT2D eigenvalue weighted by Gasteiger charge is -2.11. The van der Waals surface area contributed by atoms with Gasteiger partial charge in [0.25, 0.3) is 5.91 Å². The van der Waals surface area contributed by atoms with Gasteiger partial charge in [0.2, 0.25) is 0 Å². The normalized spacial score (nSPS) is 10.8. The number of anilines is 1. The number of unbranched alkanes of at least 4 members (excludes halogenated alkanes) is 5. The molecule has 2 aromatic carbocycles. The number of benzene rings is 2. The number of nitrogens with zero attached hydrogens (tertiary/aromatic N) is 1. The van der Waals surface area contributed by atoms with E-state index in [1.807, 2.05) is 12.1 Å². The number of methoxy groups -OCH3 is 1. The molecule has 0 unspecified atom stereocenters. The van der Waals surface area contributed by atoms with Crippen molar-refractivity contribution in [3.05, 3.63) is 89.3 Å². The maximum atomic E-state index is 12.7. The number of carboxylic acids is 2. The number of rotatable bonds is 16. The van der Waals surface area contributed by atoms with Gasteiger partial charge in [0.05, 0.1) is 19.3 Å². The zero-order chi connectivity index (χ0) is 28.7. The van der Waals surface area contributed by atoms with Crippen molar-refractivity contribution in [2.75, 3.05) is 19.0 Å². The quantitative estimate of drug-likeness (QED) is 0.145. The van der Waals surface area contributed by atoms with Crippen molar-refractivity contribution in [1.82, 2.24) is 4.98 Å². The highest BCUT2D eigenvalue weighted by atomic mass is 16.5. The van der Waals surface area contributed by atoms with Crippen LogP contribution >= 0.6 is 0 Å².